The second-order valence-corrected chi connectivity index (χ2v) is 2.47. The first-order chi connectivity index (χ1) is 4.84. The van der Waals surface area contributed by atoms with Crippen LogP contribution in [0.2, 0.25) is 0 Å². The number of nitrogens with zero attached hydrogens (tertiary/aromatic N) is 2. The van der Waals surface area contributed by atoms with Crippen LogP contribution >= 0.6 is 0 Å². The highest BCUT2D eigenvalue weighted by molar-refractivity contribution is 4.83. The second-order valence-electron chi connectivity index (χ2n) is 2.47. The quantitative estimate of drug-likeness (QED) is 0.644. The van der Waals surface area contributed by atoms with Crippen molar-refractivity contribution in [2.45, 2.75) is 32.6 Å². The van der Waals surface area contributed by atoms with Crippen molar-refractivity contribution >= 4 is 0 Å². The van der Waals surface area contributed by atoms with Gasteiger partial charge in [0.25, 0.3) is 0 Å². The third-order valence-electron chi connectivity index (χ3n) is 1.52. The fourth-order valence-corrected chi connectivity index (χ4v) is 0.953. The van der Waals surface area contributed by atoms with Crippen LogP contribution in [0.25, 0.3) is 0 Å². The van der Waals surface area contributed by atoms with Gasteiger partial charge in [-0.25, -0.2) is 0 Å². The molecule has 0 saturated carbocycles. The Hall–Kier alpha value is -0.860. The summed E-state index contributed by atoms with van der Waals surface area (Å²) in [4.78, 5) is 0. The summed E-state index contributed by atoms with van der Waals surface area (Å²) < 4.78 is 5.03. The first-order valence-corrected chi connectivity index (χ1v) is 3.60. The maximum Gasteiger partial charge on any atom is 0.219 e. The summed E-state index contributed by atoms with van der Waals surface area (Å²) in [5, 5.41) is 7.43. The predicted molar refractivity (Wildman–Crippen MR) is 37.6 cm³/mol. The van der Waals surface area contributed by atoms with Gasteiger partial charge in [0.15, 0.2) is 0 Å². The van der Waals surface area contributed by atoms with Gasteiger partial charge in [-0.15, -0.1) is 10.2 Å². The van der Waals surface area contributed by atoms with Crippen molar-refractivity contribution in [2.24, 2.45) is 0 Å². The Morgan fingerprint density at radius 2 is 2.50 bits per heavy atom. The zero-order chi connectivity index (χ0) is 7.40. The van der Waals surface area contributed by atoms with Gasteiger partial charge in [0.2, 0.25) is 12.3 Å². The highest BCUT2D eigenvalue weighted by atomic mass is 16.4. The third kappa shape index (κ3) is 1.56. The fourth-order valence-electron chi connectivity index (χ4n) is 0.953. The van der Waals surface area contributed by atoms with Crippen LogP contribution < -0.4 is 0 Å². The highest BCUT2D eigenvalue weighted by Crippen LogP contribution is 2.16. The van der Waals surface area contributed by atoms with Crippen LogP contribution in [-0.4, -0.2) is 10.2 Å². The molecule has 3 nitrogen and oxygen atoms in total. The van der Waals surface area contributed by atoms with Crippen LogP contribution in [-0.2, 0) is 0 Å². The van der Waals surface area contributed by atoms with Gasteiger partial charge in [-0.05, 0) is 6.42 Å². The van der Waals surface area contributed by atoms with Gasteiger partial charge in [0.05, 0.1) is 0 Å². The summed E-state index contributed by atoms with van der Waals surface area (Å²) in [5.74, 6) is 1.16. The molecule has 0 N–H and O–H groups in total. The summed E-state index contributed by atoms with van der Waals surface area (Å²) in [6, 6.07) is 0. The van der Waals surface area contributed by atoms with Gasteiger partial charge in [-0.2, -0.15) is 0 Å². The molecule has 0 radical (unpaired) electrons. The molecule has 0 aliphatic carbocycles. The number of hydrogen-bond donors (Lipinski definition) is 0. The molecule has 0 aromatic carbocycles. The first-order valence-electron chi connectivity index (χ1n) is 3.60. The van der Waals surface area contributed by atoms with Crippen molar-refractivity contribution in [3.8, 4) is 0 Å². The van der Waals surface area contributed by atoms with Crippen molar-refractivity contribution in [3.63, 3.8) is 0 Å². The minimum absolute atomic E-state index is 0.410. The maximum atomic E-state index is 5.03. The van der Waals surface area contributed by atoms with E-state index in [0.717, 1.165) is 18.7 Å². The van der Waals surface area contributed by atoms with E-state index < -0.39 is 0 Å². The fraction of sp³-hybridized carbons (Fsp3) is 0.714. The lowest BCUT2D eigenvalue weighted by atomic mass is 10.1. The van der Waals surface area contributed by atoms with Crippen LogP contribution in [0.15, 0.2) is 10.8 Å². The minimum Gasteiger partial charge on any atom is -0.428 e. The SMILES string of the molecule is CCCC(C)c1nnco1. The monoisotopic (exact) mass is 140 g/mol. The lowest BCUT2D eigenvalue weighted by Gasteiger charge is -2.01. The molecule has 1 atom stereocenters. The Labute approximate surface area is 60.5 Å². The van der Waals surface area contributed by atoms with Gasteiger partial charge < -0.3 is 4.42 Å². The molecule has 1 heterocycles. The van der Waals surface area contributed by atoms with E-state index in [0.29, 0.717) is 5.92 Å². The molecule has 0 fully saturated rings. The van der Waals surface area contributed by atoms with Gasteiger partial charge in [-0.1, -0.05) is 20.3 Å². The summed E-state index contributed by atoms with van der Waals surface area (Å²) in [6.45, 7) is 4.24. The summed E-state index contributed by atoms with van der Waals surface area (Å²) >= 11 is 0. The third-order valence-corrected chi connectivity index (χ3v) is 1.52. The smallest absolute Gasteiger partial charge is 0.219 e. The maximum absolute atomic E-state index is 5.03. The zero-order valence-corrected chi connectivity index (χ0v) is 6.37. The lowest BCUT2D eigenvalue weighted by Crippen LogP contribution is -1.92. The van der Waals surface area contributed by atoms with E-state index >= 15 is 0 Å². The van der Waals surface area contributed by atoms with Crippen molar-refractivity contribution in [2.75, 3.05) is 0 Å². The number of aromatic nitrogens is 2. The average Bonchev–Trinajstić information content (AvgIpc) is 2.38. The minimum atomic E-state index is 0.410. The topological polar surface area (TPSA) is 38.9 Å². The van der Waals surface area contributed by atoms with E-state index in [1.165, 1.54) is 6.39 Å². The summed E-state index contributed by atoms with van der Waals surface area (Å²) in [5.41, 5.74) is 0. The molecular formula is C7H12N2O. The Kier molecular flexibility index (Phi) is 2.42. The molecule has 0 amide bonds. The molecule has 10 heavy (non-hydrogen) atoms. The molecule has 0 aliphatic heterocycles. The van der Waals surface area contributed by atoms with Gasteiger partial charge in [-0.3, -0.25) is 0 Å². The van der Waals surface area contributed by atoms with E-state index in [1.54, 1.807) is 0 Å². The van der Waals surface area contributed by atoms with Crippen molar-refractivity contribution in [3.05, 3.63) is 12.3 Å². The first kappa shape index (κ1) is 7.25. The van der Waals surface area contributed by atoms with Crippen LogP contribution in [0.5, 0.6) is 0 Å². The Morgan fingerprint density at radius 3 is 3.00 bits per heavy atom. The molecule has 0 saturated heterocycles. The molecule has 0 spiro atoms. The molecule has 0 aliphatic rings. The van der Waals surface area contributed by atoms with E-state index in [2.05, 4.69) is 24.0 Å². The zero-order valence-electron chi connectivity index (χ0n) is 6.37. The summed E-state index contributed by atoms with van der Waals surface area (Å²) in [7, 11) is 0. The van der Waals surface area contributed by atoms with E-state index in [1.807, 2.05) is 0 Å². The van der Waals surface area contributed by atoms with Crippen molar-refractivity contribution in [1.29, 1.82) is 0 Å². The molecule has 0 bridgehead atoms. The highest BCUT2D eigenvalue weighted by Gasteiger charge is 2.08. The van der Waals surface area contributed by atoms with E-state index in [-0.39, 0.29) is 0 Å². The van der Waals surface area contributed by atoms with Gasteiger partial charge in [0.1, 0.15) is 0 Å². The normalized spacial score (nSPS) is 13.4. The van der Waals surface area contributed by atoms with Gasteiger partial charge in [0, 0.05) is 5.92 Å². The van der Waals surface area contributed by atoms with Crippen LogP contribution in [0.1, 0.15) is 38.5 Å². The van der Waals surface area contributed by atoms with E-state index in [4.69, 9.17) is 4.42 Å². The van der Waals surface area contributed by atoms with Gasteiger partial charge >= 0.3 is 0 Å². The van der Waals surface area contributed by atoms with Crippen LogP contribution in [0.4, 0.5) is 0 Å². The van der Waals surface area contributed by atoms with Crippen LogP contribution in [0, 0.1) is 0 Å². The largest absolute Gasteiger partial charge is 0.428 e. The standard InChI is InChI=1S/C7H12N2O/c1-3-4-6(2)7-9-8-5-10-7/h5-6H,3-4H2,1-2H3. The number of rotatable bonds is 3. The van der Waals surface area contributed by atoms with Crippen LogP contribution in [0.3, 0.4) is 0 Å². The predicted octanol–water partition coefficient (Wildman–Crippen LogP) is 1.97. The molecule has 56 valence electrons. The Balaban J connectivity index is 2.50. The lowest BCUT2D eigenvalue weighted by molar-refractivity contribution is 0.443. The molecule has 1 aromatic rings. The Bertz CT molecular complexity index is 172. The number of hydrogen-bond acceptors (Lipinski definition) is 3. The molecule has 3 heteroatoms. The molecular weight excluding hydrogens is 128 g/mol. The summed E-state index contributed by atoms with van der Waals surface area (Å²) in [6.07, 6.45) is 3.65. The second kappa shape index (κ2) is 3.34. The molecule has 1 aromatic heterocycles. The average molecular weight is 140 g/mol. The molecule has 1 unspecified atom stereocenters. The van der Waals surface area contributed by atoms with Crippen molar-refractivity contribution in [1.82, 2.24) is 10.2 Å². The molecule has 1 rings (SSSR count). The Morgan fingerprint density at radius 1 is 1.70 bits per heavy atom. The van der Waals surface area contributed by atoms with Crippen molar-refractivity contribution < 1.29 is 4.42 Å². The van der Waals surface area contributed by atoms with E-state index in [9.17, 15) is 0 Å².